The van der Waals surface area contributed by atoms with Gasteiger partial charge in [0, 0.05) is 14.1 Å². The van der Waals surface area contributed by atoms with Crippen LogP contribution in [0.4, 0.5) is 0 Å². The molecule has 0 bridgehead atoms. The fourth-order valence-electron chi connectivity index (χ4n) is 1.32. The number of benzene rings is 1. The molecule has 1 aromatic carbocycles. The number of carbonyl (C=O) groups excluding carboxylic acids is 1. The van der Waals surface area contributed by atoms with Crippen LogP contribution in [0.5, 0.6) is 0 Å². The van der Waals surface area contributed by atoms with Crippen LogP contribution in [-0.2, 0) is 0 Å². The van der Waals surface area contributed by atoms with Gasteiger partial charge in [0.1, 0.15) is 0 Å². The Bertz CT molecular complexity index is 490. The number of carbonyl (C=O) groups is 1. The molecule has 14 heavy (non-hydrogen) atoms. The highest BCUT2D eigenvalue weighted by Crippen LogP contribution is 2.37. The van der Waals surface area contributed by atoms with Crippen molar-refractivity contribution in [1.29, 1.82) is 0 Å². The molecule has 0 atom stereocenters. The van der Waals surface area contributed by atoms with E-state index in [0.29, 0.717) is 0 Å². The smallest absolute Gasteiger partial charge is 0.160 e. The third-order valence-electron chi connectivity index (χ3n) is 1.93. The Labute approximate surface area is 98.6 Å². The summed E-state index contributed by atoms with van der Waals surface area (Å²) in [5.41, 5.74) is 0. The quantitative estimate of drug-likeness (QED) is 0.608. The van der Waals surface area contributed by atoms with Gasteiger partial charge in [0.25, 0.3) is 0 Å². The first-order valence-electron chi connectivity index (χ1n) is 3.97. The Balaban J connectivity index is 2.79. The molecule has 0 saturated heterocycles. The zero-order valence-corrected chi connectivity index (χ0v) is 10.6. The summed E-state index contributed by atoms with van der Waals surface area (Å²) in [5, 5.41) is 1.14. The minimum atomic E-state index is 0.786. The van der Waals surface area contributed by atoms with Crippen LogP contribution in [-0.4, -0.2) is 12.5 Å². The number of aldehydes is 1. The van der Waals surface area contributed by atoms with Gasteiger partial charge in [-0.2, -0.15) is 0 Å². The van der Waals surface area contributed by atoms with Gasteiger partial charge in [0.05, 0.1) is 4.88 Å². The maximum atomic E-state index is 10.7. The average molecular weight is 287 g/mol. The van der Waals surface area contributed by atoms with Crippen LogP contribution in [0.15, 0.2) is 27.6 Å². The number of thioether (sulfide) groups is 1. The lowest BCUT2D eigenvalue weighted by atomic mass is 10.2. The van der Waals surface area contributed by atoms with E-state index in [2.05, 4.69) is 15.9 Å². The summed E-state index contributed by atoms with van der Waals surface area (Å²) in [6, 6.07) is 5.98. The molecule has 0 amide bonds. The zero-order valence-electron chi connectivity index (χ0n) is 7.41. The lowest BCUT2D eigenvalue weighted by Crippen LogP contribution is -1.72. The first-order valence-corrected chi connectivity index (χ1v) is 6.81. The van der Waals surface area contributed by atoms with Crippen LogP contribution in [0, 0.1) is 0 Å². The SMILES string of the molecule is CSc1c(Br)ccc2cc(C=O)sc12. The molecule has 0 fully saturated rings. The molecule has 0 aliphatic carbocycles. The normalized spacial score (nSPS) is 10.7. The summed E-state index contributed by atoms with van der Waals surface area (Å²) < 4.78 is 2.28. The van der Waals surface area contributed by atoms with Crippen LogP contribution in [0.2, 0.25) is 0 Å². The highest BCUT2D eigenvalue weighted by molar-refractivity contribution is 9.10. The molecule has 2 aromatic rings. The minimum absolute atomic E-state index is 0.786. The van der Waals surface area contributed by atoms with E-state index in [9.17, 15) is 4.79 Å². The Morgan fingerprint density at radius 3 is 2.93 bits per heavy atom. The van der Waals surface area contributed by atoms with Crippen LogP contribution in [0.25, 0.3) is 10.1 Å². The first-order chi connectivity index (χ1) is 6.76. The predicted molar refractivity (Wildman–Crippen MR) is 66.7 cm³/mol. The lowest BCUT2D eigenvalue weighted by molar-refractivity contribution is 0.112. The molecule has 72 valence electrons. The maximum absolute atomic E-state index is 10.7. The molecule has 1 aromatic heterocycles. The number of fused-ring (bicyclic) bond motifs is 1. The van der Waals surface area contributed by atoms with Gasteiger partial charge >= 0.3 is 0 Å². The van der Waals surface area contributed by atoms with Gasteiger partial charge in [-0.1, -0.05) is 6.07 Å². The number of hydrogen-bond donors (Lipinski definition) is 0. The van der Waals surface area contributed by atoms with Gasteiger partial charge < -0.3 is 0 Å². The summed E-state index contributed by atoms with van der Waals surface area (Å²) >= 11 is 6.75. The van der Waals surface area contributed by atoms with Crippen LogP contribution >= 0.6 is 39.0 Å². The van der Waals surface area contributed by atoms with Gasteiger partial charge in [-0.15, -0.1) is 23.1 Å². The van der Waals surface area contributed by atoms with Gasteiger partial charge in [-0.05, 0) is 39.7 Å². The van der Waals surface area contributed by atoms with E-state index in [4.69, 9.17) is 0 Å². The average Bonchev–Trinajstić information content (AvgIpc) is 2.60. The molecule has 0 N–H and O–H groups in total. The van der Waals surface area contributed by atoms with E-state index in [-0.39, 0.29) is 0 Å². The van der Waals surface area contributed by atoms with Crippen LogP contribution in [0.1, 0.15) is 9.67 Å². The third kappa shape index (κ3) is 1.62. The van der Waals surface area contributed by atoms with Gasteiger partial charge in [-0.3, -0.25) is 4.79 Å². The second-order valence-electron chi connectivity index (χ2n) is 2.77. The molecule has 0 radical (unpaired) electrons. The van der Waals surface area contributed by atoms with Crippen molar-refractivity contribution in [1.82, 2.24) is 0 Å². The molecule has 4 heteroatoms. The summed E-state index contributed by atoms with van der Waals surface area (Å²) in [6.45, 7) is 0. The molecule has 1 heterocycles. The fraction of sp³-hybridized carbons (Fsp3) is 0.100. The van der Waals surface area contributed by atoms with E-state index in [1.54, 1.807) is 23.1 Å². The number of rotatable bonds is 2. The van der Waals surface area contributed by atoms with Crippen molar-refractivity contribution >= 4 is 55.4 Å². The van der Waals surface area contributed by atoms with Crippen molar-refractivity contribution in [3.8, 4) is 0 Å². The Kier molecular flexibility index (Phi) is 2.95. The van der Waals surface area contributed by atoms with E-state index in [1.165, 1.54) is 9.60 Å². The third-order valence-corrected chi connectivity index (χ3v) is 4.91. The standard InChI is InChI=1S/C10H7BrOS2/c1-13-10-8(11)3-2-6-4-7(5-12)14-9(6)10/h2-5H,1H3. The molecule has 0 aliphatic rings. The topological polar surface area (TPSA) is 17.1 Å². The predicted octanol–water partition coefficient (Wildman–Crippen LogP) is 4.20. The van der Waals surface area contributed by atoms with E-state index >= 15 is 0 Å². The minimum Gasteiger partial charge on any atom is -0.297 e. The second-order valence-corrected chi connectivity index (χ2v) is 5.52. The molecule has 0 unspecified atom stereocenters. The molecular weight excluding hydrogens is 280 g/mol. The van der Waals surface area contributed by atoms with Crippen LogP contribution < -0.4 is 0 Å². The highest BCUT2D eigenvalue weighted by atomic mass is 79.9. The molecule has 0 saturated carbocycles. The highest BCUT2D eigenvalue weighted by Gasteiger charge is 2.08. The number of halogens is 1. The maximum Gasteiger partial charge on any atom is 0.160 e. The molecule has 0 aliphatic heterocycles. The molecule has 2 rings (SSSR count). The summed E-state index contributed by atoms with van der Waals surface area (Å²) in [4.78, 5) is 12.6. The van der Waals surface area contributed by atoms with Crippen molar-refractivity contribution in [3.05, 3.63) is 27.5 Å². The van der Waals surface area contributed by atoms with E-state index < -0.39 is 0 Å². The van der Waals surface area contributed by atoms with Crippen molar-refractivity contribution in [2.45, 2.75) is 4.90 Å². The Hall–Kier alpha value is -0.320. The van der Waals surface area contributed by atoms with Gasteiger partial charge in [-0.25, -0.2) is 0 Å². The monoisotopic (exact) mass is 286 g/mol. The Morgan fingerprint density at radius 1 is 1.50 bits per heavy atom. The lowest BCUT2D eigenvalue weighted by Gasteiger charge is -2.00. The van der Waals surface area contributed by atoms with Crippen LogP contribution in [0.3, 0.4) is 0 Å². The second kappa shape index (κ2) is 4.04. The Morgan fingerprint density at radius 2 is 2.29 bits per heavy atom. The first kappa shape index (κ1) is 10.2. The van der Waals surface area contributed by atoms with Gasteiger partial charge in [0.15, 0.2) is 6.29 Å². The van der Waals surface area contributed by atoms with Gasteiger partial charge in [0.2, 0.25) is 0 Å². The van der Waals surface area contributed by atoms with Crippen molar-refractivity contribution in [3.63, 3.8) is 0 Å². The largest absolute Gasteiger partial charge is 0.297 e. The molecular formula is C10H7BrOS2. The summed E-state index contributed by atoms with van der Waals surface area (Å²) in [7, 11) is 0. The summed E-state index contributed by atoms with van der Waals surface area (Å²) in [5.74, 6) is 0. The van der Waals surface area contributed by atoms with E-state index in [1.807, 2.05) is 24.5 Å². The molecule has 1 nitrogen and oxygen atoms in total. The van der Waals surface area contributed by atoms with E-state index in [0.717, 1.165) is 21.0 Å². The molecule has 0 spiro atoms. The van der Waals surface area contributed by atoms with Crippen molar-refractivity contribution in [2.24, 2.45) is 0 Å². The number of thiophene rings is 1. The number of hydrogen-bond acceptors (Lipinski definition) is 3. The fourth-order valence-corrected chi connectivity index (χ4v) is 4.13. The summed E-state index contributed by atoms with van der Waals surface area (Å²) in [6.07, 6.45) is 2.95. The van der Waals surface area contributed by atoms with Crippen molar-refractivity contribution in [2.75, 3.05) is 6.26 Å². The zero-order chi connectivity index (χ0) is 10.1. The van der Waals surface area contributed by atoms with Crippen molar-refractivity contribution < 1.29 is 4.79 Å².